The number of carbonyl (C=O) groups is 1. The van der Waals surface area contributed by atoms with Gasteiger partial charge in [-0.05, 0) is 41.0 Å². The molecule has 0 fully saturated rings. The van der Waals surface area contributed by atoms with Crippen molar-refractivity contribution < 1.29 is 4.79 Å². The first-order valence-corrected chi connectivity index (χ1v) is 6.74. The number of carbonyl (C=O) groups excluding carboxylic acids is 1. The standard InChI is InChI=1S/C18H26O/c1-15(2)9-6-10-16(3)11-7-12-17(4)13-8-14-18(5)19/h6-7,9-13H,8,14H2,1-5H3. The second-order valence-corrected chi connectivity index (χ2v) is 5.06. The van der Waals surface area contributed by atoms with Gasteiger partial charge >= 0.3 is 0 Å². The Kier molecular flexibility index (Phi) is 9.42. The summed E-state index contributed by atoms with van der Waals surface area (Å²) in [5.41, 5.74) is 3.70. The Morgan fingerprint density at radius 1 is 0.842 bits per heavy atom. The molecule has 0 rings (SSSR count). The van der Waals surface area contributed by atoms with Gasteiger partial charge in [0.25, 0.3) is 0 Å². The molecule has 0 saturated heterocycles. The summed E-state index contributed by atoms with van der Waals surface area (Å²) in [6, 6.07) is 0. The molecule has 0 radical (unpaired) electrons. The van der Waals surface area contributed by atoms with Crippen LogP contribution in [-0.2, 0) is 4.79 Å². The van der Waals surface area contributed by atoms with Gasteiger partial charge in [-0.15, -0.1) is 0 Å². The van der Waals surface area contributed by atoms with Crippen molar-refractivity contribution in [1.29, 1.82) is 0 Å². The van der Waals surface area contributed by atoms with Gasteiger partial charge in [-0.2, -0.15) is 0 Å². The Morgan fingerprint density at radius 2 is 1.42 bits per heavy atom. The zero-order chi connectivity index (χ0) is 14.7. The molecule has 0 aliphatic rings. The Morgan fingerprint density at radius 3 is 2.00 bits per heavy atom. The van der Waals surface area contributed by atoms with E-state index in [9.17, 15) is 4.79 Å². The first-order chi connectivity index (χ1) is 8.91. The Bertz CT molecular complexity index is 425. The van der Waals surface area contributed by atoms with Crippen molar-refractivity contribution in [2.24, 2.45) is 0 Å². The molecule has 0 aromatic heterocycles. The molecule has 0 amide bonds. The number of rotatable bonds is 7. The van der Waals surface area contributed by atoms with E-state index in [1.807, 2.05) is 6.08 Å². The first kappa shape index (κ1) is 17.4. The predicted molar refractivity (Wildman–Crippen MR) is 85.1 cm³/mol. The van der Waals surface area contributed by atoms with Crippen LogP contribution in [0.15, 0.2) is 59.3 Å². The van der Waals surface area contributed by atoms with Gasteiger partial charge in [0.1, 0.15) is 5.78 Å². The molecule has 0 bridgehead atoms. The van der Waals surface area contributed by atoms with Crippen molar-refractivity contribution in [3.63, 3.8) is 0 Å². The second-order valence-electron chi connectivity index (χ2n) is 5.06. The van der Waals surface area contributed by atoms with Crippen LogP contribution in [0.5, 0.6) is 0 Å². The fourth-order valence-electron chi connectivity index (χ4n) is 1.37. The fraction of sp³-hybridized carbons (Fsp3) is 0.389. The molecule has 0 heterocycles. The van der Waals surface area contributed by atoms with Crippen molar-refractivity contribution in [2.45, 2.75) is 47.5 Å². The number of hydrogen-bond donors (Lipinski definition) is 0. The van der Waals surface area contributed by atoms with E-state index in [-0.39, 0.29) is 5.78 Å². The summed E-state index contributed by atoms with van der Waals surface area (Å²) in [6.07, 6.45) is 16.0. The molecule has 0 saturated carbocycles. The van der Waals surface area contributed by atoms with E-state index in [0.717, 1.165) is 6.42 Å². The Balaban J connectivity index is 4.28. The third kappa shape index (κ3) is 12.6. The maximum absolute atomic E-state index is 10.8. The van der Waals surface area contributed by atoms with Crippen molar-refractivity contribution in [3.05, 3.63) is 59.3 Å². The average Bonchev–Trinajstić information content (AvgIpc) is 2.27. The number of allylic oxidation sites excluding steroid dienone is 10. The lowest BCUT2D eigenvalue weighted by Crippen LogP contribution is -1.86. The zero-order valence-corrected chi connectivity index (χ0v) is 12.9. The minimum atomic E-state index is 0.244. The van der Waals surface area contributed by atoms with Crippen LogP contribution in [0.2, 0.25) is 0 Å². The molecular formula is C18H26O. The SMILES string of the molecule is CC(=O)CCC=C(C)C=CC=C(C)C=CC=C(C)C. The highest BCUT2D eigenvalue weighted by molar-refractivity contribution is 5.75. The summed E-state index contributed by atoms with van der Waals surface area (Å²) >= 11 is 0. The number of ketones is 1. The molecule has 104 valence electrons. The predicted octanol–water partition coefficient (Wildman–Crippen LogP) is 5.33. The molecule has 0 N–H and O–H groups in total. The van der Waals surface area contributed by atoms with Crippen LogP contribution in [-0.4, -0.2) is 5.78 Å². The van der Waals surface area contributed by atoms with E-state index in [2.05, 4.69) is 64.2 Å². The lowest BCUT2D eigenvalue weighted by Gasteiger charge is -1.92. The van der Waals surface area contributed by atoms with Gasteiger partial charge in [0.2, 0.25) is 0 Å². The monoisotopic (exact) mass is 258 g/mol. The third-order valence-corrected chi connectivity index (χ3v) is 2.47. The molecule has 0 aromatic carbocycles. The van der Waals surface area contributed by atoms with Crippen LogP contribution in [0, 0.1) is 0 Å². The summed E-state index contributed by atoms with van der Waals surface area (Å²) in [6.45, 7) is 9.92. The van der Waals surface area contributed by atoms with E-state index in [0.29, 0.717) is 6.42 Å². The molecule has 0 atom stereocenters. The topological polar surface area (TPSA) is 17.1 Å². The van der Waals surface area contributed by atoms with Gasteiger partial charge in [-0.25, -0.2) is 0 Å². The lowest BCUT2D eigenvalue weighted by molar-refractivity contribution is -0.116. The van der Waals surface area contributed by atoms with Crippen molar-refractivity contribution in [1.82, 2.24) is 0 Å². The largest absolute Gasteiger partial charge is 0.300 e. The van der Waals surface area contributed by atoms with Gasteiger partial charge in [0.15, 0.2) is 0 Å². The highest BCUT2D eigenvalue weighted by atomic mass is 16.1. The minimum Gasteiger partial charge on any atom is -0.300 e. The molecule has 0 spiro atoms. The van der Waals surface area contributed by atoms with E-state index in [1.54, 1.807) is 6.92 Å². The van der Waals surface area contributed by atoms with Gasteiger partial charge < -0.3 is 4.79 Å². The van der Waals surface area contributed by atoms with Gasteiger partial charge in [0.05, 0.1) is 0 Å². The Hall–Kier alpha value is -1.63. The highest BCUT2D eigenvalue weighted by Crippen LogP contribution is 2.03. The first-order valence-electron chi connectivity index (χ1n) is 6.74. The van der Waals surface area contributed by atoms with Crippen molar-refractivity contribution in [2.75, 3.05) is 0 Å². The summed E-state index contributed by atoms with van der Waals surface area (Å²) in [4.78, 5) is 10.8. The molecule has 0 unspecified atom stereocenters. The van der Waals surface area contributed by atoms with E-state index in [1.165, 1.54) is 16.7 Å². The zero-order valence-electron chi connectivity index (χ0n) is 12.9. The summed E-state index contributed by atoms with van der Waals surface area (Å²) < 4.78 is 0. The lowest BCUT2D eigenvalue weighted by atomic mass is 10.1. The quantitative estimate of drug-likeness (QED) is 0.564. The second kappa shape index (κ2) is 10.3. The van der Waals surface area contributed by atoms with Crippen molar-refractivity contribution in [3.8, 4) is 0 Å². The summed E-state index contributed by atoms with van der Waals surface area (Å²) in [5, 5.41) is 0. The van der Waals surface area contributed by atoms with Gasteiger partial charge in [-0.1, -0.05) is 59.3 Å². The summed E-state index contributed by atoms with van der Waals surface area (Å²) in [7, 11) is 0. The van der Waals surface area contributed by atoms with E-state index >= 15 is 0 Å². The molecule has 19 heavy (non-hydrogen) atoms. The van der Waals surface area contributed by atoms with E-state index < -0.39 is 0 Å². The van der Waals surface area contributed by atoms with Crippen LogP contribution in [0.25, 0.3) is 0 Å². The van der Waals surface area contributed by atoms with Crippen molar-refractivity contribution >= 4 is 5.78 Å². The van der Waals surface area contributed by atoms with Crippen LogP contribution in [0.4, 0.5) is 0 Å². The molecule has 0 aliphatic heterocycles. The minimum absolute atomic E-state index is 0.244. The maximum Gasteiger partial charge on any atom is 0.130 e. The fourth-order valence-corrected chi connectivity index (χ4v) is 1.37. The molecule has 1 heteroatoms. The van der Waals surface area contributed by atoms with E-state index in [4.69, 9.17) is 0 Å². The third-order valence-electron chi connectivity index (χ3n) is 2.47. The van der Waals surface area contributed by atoms with Crippen LogP contribution >= 0.6 is 0 Å². The number of hydrogen-bond acceptors (Lipinski definition) is 1. The molecule has 0 aliphatic carbocycles. The number of Topliss-reactive ketones (excluding diaryl/α,β-unsaturated/α-hetero) is 1. The molecule has 0 aromatic rings. The molecule has 1 nitrogen and oxygen atoms in total. The normalized spacial score (nSPS) is 13.3. The summed E-state index contributed by atoms with van der Waals surface area (Å²) in [5.74, 6) is 0.244. The average molecular weight is 258 g/mol. The highest BCUT2D eigenvalue weighted by Gasteiger charge is 1.89. The van der Waals surface area contributed by atoms with Crippen LogP contribution < -0.4 is 0 Å². The van der Waals surface area contributed by atoms with Gasteiger partial charge in [0, 0.05) is 6.42 Å². The molecular weight excluding hydrogens is 232 g/mol. The van der Waals surface area contributed by atoms with Gasteiger partial charge in [-0.3, -0.25) is 0 Å². The maximum atomic E-state index is 10.8. The Labute approximate surface area is 118 Å². The van der Waals surface area contributed by atoms with Crippen LogP contribution in [0.3, 0.4) is 0 Å². The van der Waals surface area contributed by atoms with Crippen LogP contribution in [0.1, 0.15) is 47.5 Å². The smallest absolute Gasteiger partial charge is 0.130 e.